The molecule has 1 aromatic rings. The van der Waals surface area contributed by atoms with E-state index >= 15 is 0 Å². The van der Waals surface area contributed by atoms with Crippen LogP contribution in [-0.4, -0.2) is 50.3 Å². The average molecular weight is 344 g/mol. The fraction of sp³-hybridized carbons (Fsp3) is 0.474. The number of piperidine rings is 1. The number of amides is 2. The number of ether oxygens (including phenoxy) is 2. The fourth-order valence-electron chi connectivity index (χ4n) is 2.84. The van der Waals surface area contributed by atoms with Gasteiger partial charge >= 0.3 is 6.09 Å². The Bertz CT molecular complexity index is 621. The Labute approximate surface area is 148 Å². The minimum atomic E-state index is -0.371. The van der Waals surface area contributed by atoms with E-state index in [1.165, 1.54) is 7.11 Å². The molecule has 1 atom stereocenters. The smallest absolute Gasteiger partial charge is 0.409 e. The molecule has 1 aliphatic heterocycles. The Morgan fingerprint density at radius 3 is 2.80 bits per heavy atom. The summed E-state index contributed by atoms with van der Waals surface area (Å²) in [5.74, 6) is 2.97. The van der Waals surface area contributed by atoms with Gasteiger partial charge in [0.15, 0.2) is 0 Å². The first-order chi connectivity index (χ1) is 12.1. The van der Waals surface area contributed by atoms with Crippen LogP contribution in [0.5, 0.6) is 5.75 Å². The Kier molecular flexibility index (Phi) is 7.15. The molecule has 2 amide bonds. The van der Waals surface area contributed by atoms with Crippen molar-refractivity contribution in [2.45, 2.75) is 19.3 Å². The van der Waals surface area contributed by atoms with E-state index in [4.69, 9.17) is 15.9 Å². The van der Waals surface area contributed by atoms with Gasteiger partial charge in [-0.3, -0.25) is 4.79 Å². The lowest BCUT2D eigenvalue weighted by molar-refractivity contribution is -0.126. The van der Waals surface area contributed by atoms with Gasteiger partial charge in [0, 0.05) is 19.6 Å². The number of rotatable bonds is 6. The van der Waals surface area contributed by atoms with Crippen LogP contribution in [0.15, 0.2) is 24.3 Å². The van der Waals surface area contributed by atoms with Gasteiger partial charge < -0.3 is 19.7 Å². The molecule has 25 heavy (non-hydrogen) atoms. The van der Waals surface area contributed by atoms with Crippen molar-refractivity contribution in [2.24, 2.45) is 5.92 Å². The van der Waals surface area contributed by atoms with Gasteiger partial charge in [-0.15, -0.1) is 6.42 Å². The summed E-state index contributed by atoms with van der Waals surface area (Å²) in [6.45, 7) is 1.86. The van der Waals surface area contributed by atoms with Crippen molar-refractivity contribution in [1.82, 2.24) is 10.2 Å². The molecule has 1 fully saturated rings. The molecule has 2 rings (SSSR count). The Morgan fingerprint density at radius 2 is 2.12 bits per heavy atom. The molecule has 1 N–H and O–H groups in total. The number of nitrogens with zero attached hydrogens (tertiary/aromatic N) is 1. The van der Waals surface area contributed by atoms with E-state index in [-0.39, 0.29) is 24.5 Å². The number of benzene rings is 1. The highest BCUT2D eigenvalue weighted by Crippen LogP contribution is 2.17. The van der Waals surface area contributed by atoms with Gasteiger partial charge in [0.2, 0.25) is 5.91 Å². The zero-order chi connectivity index (χ0) is 18.1. The predicted octanol–water partition coefficient (Wildman–Crippen LogP) is 1.84. The van der Waals surface area contributed by atoms with Gasteiger partial charge in [0.1, 0.15) is 12.4 Å². The first kappa shape index (κ1) is 18.7. The van der Waals surface area contributed by atoms with Gasteiger partial charge in [-0.2, -0.15) is 0 Å². The maximum atomic E-state index is 12.3. The van der Waals surface area contributed by atoms with Gasteiger partial charge in [-0.1, -0.05) is 18.1 Å². The Morgan fingerprint density at radius 1 is 1.36 bits per heavy atom. The van der Waals surface area contributed by atoms with Crippen LogP contribution in [0, 0.1) is 18.3 Å². The SMILES string of the molecule is C#CCOc1ccc(CCNC(=O)C2CCCN(C(=O)OC)C2)cc1. The van der Waals surface area contributed by atoms with Crippen molar-refractivity contribution < 1.29 is 19.1 Å². The maximum Gasteiger partial charge on any atom is 0.409 e. The zero-order valence-electron chi connectivity index (χ0n) is 14.5. The molecular weight excluding hydrogens is 320 g/mol. The summed E-state index contributed by atoms with van der Waals surface area (Å²) in [6.07, 6.45) is 7.12. The number of carbonyl (C=O) groups is 2. The lowest BCUT2D eigenvalue weighted by Gasteiger charge is -2.30. The third-order valence-corrected chi connectivity index (χ3v) is 4.18. The van der Waals surface area contributed by atoms with Crippen LogP contribution in [0.25, 0.3) is 0 Å². The van der Waals surface area contributed by atoms with E-state index in [0.717, 1.165) is 30.6 Å². The van der Waals surface area contributed by atoms with E-state index in [2.05, 4.69) is 11.2 Å². The van der Waals surface area contributed by atoms with E-state index in [1.807, 2.05) is 24.3 Å². The summed E-state index contributed by atoms with van der Waals surface area (Å²) in [6, 6.07) is 7.64. The molecule has 0 bridgehead atoms. The van der Waals surface area contributed by atoms with Crippen molar-refractivity contribution in [1.29, 1.82) is 0 Å². The van der Waals surface area contributed by atoms with Crippen molar-refractivity contribution in [3.8, 4) is 18.1 Å². The van der Waals surface area contributed by atoms with E-state index in [0.29, 0.717) is 19.6 Å². The molecule has 0 spiro atoms. The third kappa shape index (κ3) is 5.71. The zero-order valence-corrected chi connectivity index (χ0v) is 14.5. The molecule has 0 radical (unpaired) electrons. The van der Waals surface area contributed by atoms with Crippen LogP contribution in [0.2, 0.25) is 0 Å². The molecule has 0 aromatic heterocycles. The Hall–Kier alpha value is -2.68. The van der Waals surface area contributed by atoms with E-state index < -0.39 is 0 Å². The number of carbonyl (C=O) groups excluding carboxylic acids is 2. The van der Waals surface area contributed by atoms with Gasteiger partial charge in [0.05, 0.1) is 13.0 Å². The van der Waals surface area contributed by atoms with Crippen molar-refractivity contribution in [2.75, 3.05) is 33.4 Å². The number of terminal acetylenes is 1. The van der Waals surface area contributed by atoms with Crippen LogP contribution >= 0.6 is 0 Å². The van der Waals surface area contributed by atoms with Gasteiger partial charge in [0.25, 0.3) is 0 Å². The highest BCUT2D eigenvalue weighted by Gasteiger charge is 2.28. The average Bonchev–Trinajstić information content (AvgIpc) is 2.66. The monoisotopic (exact) mass is 344 g/mol. The molecule has 1 unspecified atom stereocenters. The van der Waals surface area contributed by atoms with Crippen molar-refractivity contribution in [3.05, 3.63) is 29.8 Å². The number of hydrogen-bond acceptors (Lipinski definition) is 4. The first-order valence-corrected chi connectivity index (χ1v) is 8.40. The van der Waals surface area contributed by atoms with Crippen LogP contribution in [0.1, 0.15) is 18.4 Å². The molecule has 1 aromatic carbocycles. The number of nitrogens with one attached hydrogen (secondary N) is 1. The lowest BCUT2D eigenvalue weighted by Crippen LogP contribution is -2.45. The second-order valence-electron chi connectivity index (χ2n) is 5.93. The molecule has 1 aliphatic rings. The maximum absolute atomic E-state index is 12.3. The predicted molar refractivity (Wildman–Crippen MR) is 94.2 cm³/mol. The number of methoxy groups -OCH3 is 1. The Balaban J connectivity index is 1.74. The standard InChI is InChI=1S/C19H24N2O4/c1-3-13-25-17-8-6-15(7-9-17)10-11-20-18(22)16-5-4-12-21(14-16)19(23)24-2/h1,6-9,16H,4-5,10-14H2,2H3,(H,20,22). The number of hydrogen-bond donors (Lipinski definition) is 1. The van der Waals surface area contributed by atoms with Crippen LogP contribution < -0.4 is 10.1 Å². The minimum Gasteiger partial charge on any atom is -0.481 e. The molecule has 1 saturated heterocycles. The first-order valence-electron chi connectivity index (χ1n) is 8.40. The summed E-state index contributed by atoms with van der Waals surface area (Å²) >= 11 is 0. The van der Waals surface area contributed by atoms with Crippen molar-refractivity contribution >= 4 is 12.0 Å². The largest absolute Gasteiger partial charge is 0.481 e. The summed E-state index contributed by atoms with van der Waals surface area (Å²) in [4.78, 5) is 25.5. The van der Waals surface area contributed by atoms with E-state index in [9.17, 15) is 9.59 Å². The highest BCUT2D eigenvalue weighted by molar-refractivity contribution is 5.80. The van der Waals surface area contributed by atoms with E-state index in [1.54, 1.807) is 4.90 Å². The molecule has 6 nitrogen and oxygen atoms in total. The second kappa shape index (κ2) is 9.58. The molecule has 1 heterocycles. The van der Waals surface area contributed by atoms with Crippen LogP contribution in [0.4, 0.5) is 4.79 Å². The van der Waals surface area contributed by atoms with Crippen molar-refractivity contribution in [3.63, 3.8) is 0 Å². The molecule has 0 aliphatic carbocycles. The number of likely N-dealkylation sites (tertiary alicyclic amines) is 1. The summed E-state index contributed by atoms with van der Waals surface area (Å²) in [5.41, 5.74) is 1.10. The summed E-state index contributed by atoms with van der Waals surface area (Å²) in [5, 5.41) is 2.95. The lowest BCUT2D eigenvalue weighted by atomic mass is 9.97. The normalized spacial score (nSPS) is 16.6. The molecule has 0 saturated carbocycles. The topological polar surface area (TPSA) is 67.9 Å². The summed E-state index contributed by atoms with van der Waals surface area (Å²) < 4.78 is 10.0. The third-order valence-electron chi connectivity index (χ3n) is 4.18. The fourth-order valence-corrected chi connectivity index (χ4v) is 2.84. The minimum absolute atomic E-state index is 0.0115. The second-order valence-corrected chi connectivity index (χ2v) is 5.93. The quantitative estimate of drug-likeness (QED) is 0.800. The highest BCUT2D eigenvalue weighted by atomic mass is 16.5. The summed E-state index contributed by atoms with van der Waals surface area (Å²) in [7, 11) is 1.36. The molecule has 134 valence electrons. The van der Waals surface area contributed by atoms with Crippen LogP contribution in [0.3, 0.4) is 0 Å². The van der Waals surface area contributed by atoms with Gasteiger partial charge in [-0.25, -0.2) is 4.79 Å². The molecular formula is C19H24N2O4. The van der Waals surface area contributed by atoms with Crippen LogP contribution in [-0.2, 0) is 16.0 Å². The molecule has 6 heteroatoms. The van der Waals surface area contributed by atoms with Gasteiger partial charge in [-0.05, 0) is 37.0 Å².